The minimum Gasteiger partial charge on any atom is -0.493 e. The highest BCUT2D eigenvalue weighted by atomic mass is 16.5. The lowest BCUT2D eigenvalue weighted by Crippen LogP contribution is -2.35. The van der Waals surface area contributed by atoms with E-state index in [0.717, 1.165) is 4.90 Å². The Morgan fingerprint density at radius 3 is 2.18 bits per heavy atom. The third kappa shape index (κ3) is 2.22. The van der Waals surface area contributed by atoms with Gasteiger partial charge in [0.15, 0.2) is 11.5 Å². The molecule has 1 aromatic carbocycles. The molecule has 0 spiro atoms. The smallest absolute Gasteiger partial charge is 0.325 e. The second-order valence-electron chi connectivity index (χ2n) is 4.34. The van der Waals surface area contributed by atoms with Gasteiger partial charge < -0.3 is 18.9 Å². The lowest BCUT2D eigenvalue weighted by Gasteiger charge is -2.18. The molecule has 1 aliphatic heterocycles. The summed E-state index contributed by atoms with van der Waals surface area (Å²) in [4.78, 5) is 36.8. The Labute approximate surface area is 126 Å². The third-order valence-corrected chi connectivity index (χ3v) is 3.28. The Bertz CT molecular complexity index is 653. The lowest BCUT2D eigenvalue weighted by molar-refractivity contribution is -0.139. The van der Waals surface area contributed by atoms with Crippen molar-refractivity contribution >= 4 is 23.3 Å². The van der Waals surface area contributed by atoms with Gasteiger partial charge in [-0.05, 0) is 0 Å². The number of rotatable bonds is 5. The molecule has 0 bridgehead atoms. The monoisotopic (exact) mass is 309 g/mol. The predicted molar refractivity (Wildman–Crippen MR) is 74.8 cm³/mol. The molecule has 1 aromatic rings. The summed E-state index contributed by atoms with van der Waals surface area (Å²) in [6, 6.07) is 1.45. The largest absolute Gasteiger partial charge is 0.493 e. The van der Waals surface area contributed by atoms with Gasteiger partial charge in [0.05, 0.1) is 39.7 Å². The van der Waals surface area contributed by atoms with Crippen LogP contribution in [0.1, 0.15) is 10.4 Å². The van der Waals surface area contributed by atoms with Crippen molar-refractivity contribution in [3.8, 4) is 17.2 Å². The van der Waals surface area contributed by atoms with Crippen molar-refractivity contribution in [2.45, 2.75) is 0 Å². The zero-order valence-corrected chi connectivity index (χ0v) is 12.6. The number of nitrogens with zero attached hydrogens (tertiary/aromatic N) is 1. The fraction of sp³-hybridized carbons (Fsp3) is 0.357. The number of benzene rings is 1. The van der Waals surface area contributed by atoms with Gasteiger partial charge in [0, 0.05) is 6.07 Å². The second kappa shape index (κ2) is 5.92. The molecular formula is C14H15NO7. The molecule has 0 N–H and O–H groups in total. The van der Waals surface area contributed by atoms with Gasteiger partial charge in [-0.1, -0.05) is 0 Å². The number of carbonyl (C=O) groups is 3. The molecule has 1 aliphatic rings. The molecule has 8 nitrogen and oxygen atoms in total. The maximum Gasteiger partial charge on any atom is 0.325 e. The Balaban J connectivity index is 2.66. The summed E-state index contributed by atoms with van der Waals surface area (Å²) in [5.41, 5.74) is 0.254. The van der Waals surface area contributed by atoms with Gasteiger partial charge in [0.1, 0.15) is 6.54 Å². The van der Waals surface area contributed by atoms with Crippen LogP contribution in [0.5, 0.6) is 17.2 Å². The van der Waals surface area contributed by atoms with Crippen LogP contribution in [-0.2, 0) is 14.3 Å². The van der Waals surface area contributed by atoms with Gasteiger partial charge in [-0.25, -0.2) is 0 Å². The van der Waals surface area contributed by atoms with E-state index in [1.807, 2.05) is 0 Å². The number of ketones is 1. The standard InChI is InChI=1S/C14H15NO7/c1-19-8-5-7-10(13(22-4)12(8)21-3)11(17)14(18)15(7)6-9(16)20-2/h5H,6H2,1-4H3. The van der Waals surface area contributed by atoms with Gasteiger partial charge in [0.25, 0.3) is 11.7 Å². The average Bonchev–Trinajstić information content (AvgIpc) is 2.77. The van der Waals surface area contributed by atoms with Crippen LogP contribution in [0.4, 0.5) is 5.69 Å². The normalized spacial score (nSPS) is 13.0. The Hall–Kier alpha value is -2.77. The first-order valence-electron chi connectivity index (χ1n) is 6.26. The Morgan fingerprint density at radius 1 is 1.05 bits per heavy atom. The number of methoxy groups -OCH3 is 4. The SMILES string of the molecule is COC(=O)CN1C(=O)C(=O)c2c1cc(OC)c(OC)c2OC. The molecule has 118 valence electrons. The van der Waals surface area contributed by atoms with E-state index < -0.39 is 17.7 Å². The molecule has 1 heterocycles. The fourth-order valence-electron chi connectivity index (χ4n) is 2.27. The zero-order chi connectivity index (χ0) is 16.4. The van der Waals surface area contributed by atoms with Gasteiger partial charge in [-0.3, -0.25) is 19.3 Å². The summed E-state index contributed by atoms with van der Waals surface area (Å²) in [5, 5.41) is 0. The summed E-state index contributed by atoms with van der Waals surface area (Å²) in [6.07, 6.45) is 0. The molecule has 0 radical (unpaired) electrons. The number of Topliss-reactive ketones (excluding diaryl/α,β-unsaturated/α-hetero) is 1. The van der Waals surface area contributed by atoms with Crippen LogP contribution in [0.25, 0.3) is 0 Å². The molecule has 0 saturated carbocycles. The summed E-state index contributed by atoms with van der Waals surface area (Å²) in [6.45, 7) is -0.382. The van der Waals surface area contributed by atoms with Crippen molar-refractivity contribution in [1.82, 2.24) is 0 Å². The first-order chi connectivity index (χ1) is 10.5. The molecule has 2 rings (SSSR count). The summed E-state index contributed by atoms with van der Waals surface area (Å²) < 4.78 is 20.1. The van der Waals surface area contributed by atoms with E-state index in [0.29, 0.717) is 0 Å². The number of anilines is 1. The van der Waals surface area contributed by atoms with Crippen molar-refractivity contribution in [2.24, 2.45) is 0 Å². The number of carbonyl (C=O) groups excluding carboxylic acids is 3. The molecule has 0 atom stereocenters. The van der Waals surface area contributed by atoms with Crippen molar-refractivity contribution in [3.05, 3.63) is 11.6 Å². The molecule has 0 saturated heterocycles. The first-order valence-corrected chi connectivity index (χ1v) is 6.26. The van der Waals surface area contributed by atoms with E-state index >= 15 is 0 Å². The summed E-state index contributed by atoms with van der Waals surface area (Å²) in [5.74, 6) is -1.71. The molecule has 0 aliphatic carbocycles. The van der Waals surface area contributed by atoms with E-state index in [2.05, 4.69) is 4.74 Å². The lowest BCUT2D eigenvalue weighted by atomic mass is 10.1. The van der Waals surface area contributed by atoms with Crippen LogP contribution >= 0.6 is 0 Å². The maximum absolute atomic E-state index is 12.2. The number of hydrogen-bond donors (Lipinski definition) is 0. The Kier molecular flexibility index (Phi) is 4.20. The number of ether oxygens (including phenoxy) is 4. The third-order valence-electron chi connectivity index (χ3n) is 3.28. The van der Waals surface area contributed by atoms with Crippen molar-refractivity contribution < 1.29 is 33.3 Å². The van der Waals surface area contributed by atoms with Crippen molar-refractivity contribution in [3.63, 3.8) is 0 Å². The van der Waals surface area contributed by atoms with Gasteiger partial charge in [-0.15, -0.1) is 0 Å². The number of esters is 1. The predicted octanol–water partition coefficient (Wildman–Crippen LogP) is 0.415. The maximum atomic E-state index is 12.2. The fourth-order valence-corrected chi connectivity index (χ4v) is 2.27. The van der Waals surface area contributed by atoms with E-state index in [-0.39, 0.29) is 35.0 Å². The molecule has 1 amide bonds. The summed E-state index contributed by atoms with van der Waals surface area (Å²) >= 11 is 0. The van der Waals surface area contributed by atoms with Gasteiger partial charge in [0.2, 0.25) is 5.75 Å². The van der Waals surface area contributed by atoms with E-state index in [1.54, 1.807) is 0 Å². The molecular weight excluding hydrogens is 294 g/mol. The molecule has 8 heteroatoms. The Morgan fingerprint density at radius 2 is 1.68 bits per heavy atom. The average molecular weight is 309 g/mol. The van der Waals surface area contributed by atoms with Crippen LogP contribution in [-0.4, -0.2) is 52.6 Å². The number of amides is 1. The molecule has 0 unspecified atom stereocenters. The number of hydrogen-bond acceptors (Lipinski definition) is 7. The molecule has 22 heavy (non-hydrogen) atoms. The highest BCUT2D eigenvalue weighted by Gasteiger charge is 2.42. The summed E-state index contributed by atoms with van der Waals surface area (Å²) in [7, 11) is 5.34. The molecule has 0 fully saturated rings. The zero-order valence-electron chi connectivity index (χ0n) is 12.6. The van der Waals surface area contributed by atoms with Crippen LogP contribution in [0.2, 0.25) is 0 Å². The van der Waals surface area contributed by atoms with Gasteiger partial charge >= 0.3 is 5.97 Å². The second-order valence-corrected chi connectivity index (χ2v) is 4.34. The minimum absolute atomic E-state index is 0.0362. The van der Waals surface area contributed by atoms with Crippen LogP contribution < -0.4 is 19.1 Å². The van der Waals surface area contributed by atoms with Crippen LogP contribution in [0.3, 0.4) is 0 Å². The topological polar surface area (TPSA) is 91.4 Å². The van der Waals surface area contributed by atoms with Crippen LogP contribution in [0.15, 0.2) is 6.07 Å². The van der Waals surface area contributed by atoms with E-state index in [9.17, 15) is 14.4 Å². The highest BCUT2D eigenvalue weighted by Crippen LogP contribution is 2.47. The quantitative estimate of drug-likeness (QED) is 0.575. The minimum atomic E-state index is -0.839. The first kappa shape index (κ1) is 15.6. The van der Waals surface area contributed by atoms with Crippen LogP contribution in [0, 0.1) is 0 Å². The number of fused-ring (bicyclic) bond motifs is 1. The molecule has 0 aromatic heterocycles. The van der Waals surface area contributed by atoms with E-state index in [4.69, 9.17) is 14.2 Å². The van der Waals surface area contributed by atoms with E-state index in [1.165, 1.54) is 34.5 Å². The van der Waals surface area contributed by atoms with Crippen molar-refractivity contribution in [2.75, 3.05) is 39.9 Å². The van der Waals surface area contributed by atoms with Crippen molar-refractivity contribution in [1.29, 1.82) is 0 Å². The highest BCUT2D eigenvalue weighted by molar-refractivity contribution is 6.53. The van der Waals surface area contributed by atoms with Gasteiger partial charge in [-0.2, -0.15) is 0 Å².